The number of alkyl carbamates (subject to hydrolysis) is 1. The third-order valence-electron chi connectivity index (χ3n) is 8.20. The molecule has 2 bridgehead atoms. The number of carbonyl (C=O) groups excluding carboxylic acids is 2. The molecule has 4 heterocycles. The molecule has 2 unspecified atom stereocenters. The van der Waals surface area contributed by atoms with E-state index in [0.717, 1.165) is 43.6 Å². The summed E-state index contributed by atoms with van der Waals surface area (Å²) in [7, 11) is 0. The largest absolute Gasteiger partial charge is 0.484 e. The molecule has 0 aliphatic carbocycles. The maximum Gasteiger partial charge on any atom is 0.408 e. The summed E-state index contributed by atoms with van der Waals surface area (Å²) >= 11 is 0. The zero-order valence-corrected chi connectivity index (χ0v) is 26.1. The molecule has 0 radical (unpaired) electrons. The molecule has 242 valence electrons. The summed E-state index contributed by atoms with van der Waals surface area (Å²) in [6.07, 6.45) is 4.07. The lowest BCUT2D eigenvalue weighted by atomic mass is 9.86. The summed E-state index contributed by atoms with van der Waals surface area (Å²) < 4.78 is 28.5. The molecule has 0 saturated carbocycles. The first-order valence-corrected chi connectivity index (χ1v) is 15.9. The Morgan fingerprint density at radius 1 is 1.02 bits per heavy atom. The van der Waals surface area contributed by atoms with Gasteiger partial charge in [-0.25, -0.2) is 9.78 Å². The minimum Gasteiger partial charge on any atom is -0.484 e. The molecule has 11 nitrogen and oxygen atoms in total. The van der Waals surface area contributed by atoms with E-state index in [1.807, 2.05) is 68.4 Å². The van der Waals surface area contributed by atoms with Crippen molar-refractivity contribution in [2.24, 2.45) is 5.92 Å². The predicted octanol–water partition coefficient (Wildman–Crippen LogP) is 5.07. The van der Waals surface area contributed by atoms with Crippen LogP contribution in [-0.4, -0.2) is 73.7 Å². The second kappa shape index (κ2) is 16.4. The van der Waals surface area contributed by atoms with Crippen molar-refractivity contribution in [1.29, 1.82) is 0 Å². The first kappa shape index (κ1) is 32.5. The summed E-state index contributed by atoms with van der Waals surface area (Å²) in [5, 5.41) is 5.94. The molecular weight excluding hydrogens is 576 g/mol. The second-order valence-electron chi connectivity index (χ2n) is 11.3. The summed E-state index contributed by atoms with van der Waals surface area (Å²) in [6.45, 7) is 8.45. The van der Waals surface area contributed by atoms with Gasteiger partial charge in [0.15, 0.2) is 18.6 Å². The van der Waals surface area contributed by atoms with Crippen LogP contribution in [0.2, 0.25) is 0 Å². The van der Waals surface area contributed by atoms with Crippen molar-refractivity contribution in [3.05, 3.63) is 83.6 Å². The van der Waals surface area contributed by atoms with Gasteiger partial charge in [0.2, 0.25) is 5.89 Å². The molecular formula is C34H44N4O7. The molecule has 2 N–H and O–H groups in total. The fourth-order valence-corrected chi connectivity index (χ4v) is 5.90. The van der Waals surface area contributed by atoms with E-state index in [0.29, 0.717) is 44.3 Å². The van der Waals surface area contributed by atoms with Crippen LogP contribution in [0.25, 0.3) is 0 Å². The minimum atomic E-state index is -0.433. The van der Waals surface area contributed by atoms with E-state index < -0.39 is 12.1 Å². The molecule has 11 heteroatoms. The monoisotopic (exact) mass is 620 g/mol. The highest BCUT2D eigenvalue weighted by Gasteiger charge is 2.37. The SMILES string of the molecule is CCOC(CCCNC(=O)c1coc(COc2cccc(C(NC(=O)OC3CN4CCC3CC4)c3ccccc3)c2)n1)OCC. The molecule has 6 rings (SSSR count). The predicted molar refractivity (Wildman–Crippen MR) is 167 cm³/mol. The number of carbonyl (C=O) groups is 2. The van der Waals surface area contributed by atoms with Crippen LogP contribution in [0.1, 0.15) is 73.1 Å². The van der Waals surface area contributed by atoms with Crippen LogP contribution >= 0.6 is 0 Å². The third-order valence-corrected chi connectivity index (χ3v) is 8.20. The lowest BCUT2D eigenvalue weighted by Crippen LogP contribution is -2.52. The van der Waals surface area contributed by atoms with E-state index in [4.69, 9.17) is 23.4 Å². The molecule has 2 amide bonds. The van der Waals surface area contributed by atoms with Crippen LogP contribution in [0.4, 0.5) is 4.79 Å². The highest BCUT2D eigenvalue weighted by molar-refractivity contribution is 5.91. The average molecular weight is 621 g/mol. The van der Waals surface area contributed by atoms with Crippen molar-refractivity contribution in [1.82, 2.24) is 20.5 Å². The number of ether oxygens (including phenoxy) is 4. The summed E-state index contributed by atoms with van der Waals surface area (Å²) in [6, 6.07) is 16.9. The summed E-state index contributed by atoms with van der Waals surface area (Å²) in [5.74, 6) is 0.951. The van der Waals surface area contributed by atoms with Crippen LogP contribution in [0.3, 0.4) is 0 Å². The standard InChI is InChI=1S/C34H44N4O7/c1-3-41-31(42-4-2)14-9-17-35-33(39)28-22-44-30(36-28)23-43-27-13-8-12-26(20-27)32(25-10-6-5-7-11-25)37-34(40)45-29-21-38-18-15-24(29)16-19-38/h5-8,10-13,20,22,24,29,31-32H,3-4,9,14-19,21,23H2,1-2H3,(H,35,39)(H,37,40). The topological polar surface area (TPSA) is 124 Å². The Hall–Kier alpha value is -3.93. The van der Waals surface area contributed by atoms with E-state index in [2.05, 4.69) is 20.5 Å². The van der Waals surface area contributed by atoms with Gasteiger partial charge in [-0.05, 0) is 75.4 Å². The number of nitrogens with zero attached hydrogens (tertiary/aromatic N) is 2. The number of piperidine rings is 3. The van der Waals surface area contributed by atoms with Crippen molar-refractivity contribution in [3.63, 3.8) is 0 Å². The van der Waals surface area contributed by atoms with E-state index in [1.165, 1.54) is 6.26 Å². The average Bonchev–Trinajstić information content (AvgIpc) is 3.55. The number of rotatable bonds is 16. The molecule has 3 fully saturated rings. The first-order valence-electron chi connectivity index (χ1n) is 15.9. The Morgan fingerprint density at radius 3 is 2.49 bits per heavy atom. The Labute approximate surface area is 264 Å². The van der Waals surface area contributed by atoms with E-state index in [9.17, 15) is 9.59 Å². The van der Waals surface area contributed by atoms with Gasteiger partial charge in [-0.1, -0.05) is 42.5 Å². The highest BCUT2D eigenvalue weighted by Crippen LogP contribution is 2.30. The Kier molecular flexibility index (Phi) is 11.8. The third kappa shape index (κ3) is 9.29. The normalized spacial score (nSPS) is 19.7. The van der Waals surface area contributed by atoms with Gasteiger partial charge < -0.3 is 34.0 Å². The Bertz CT molecular complexity index is 1350. The van der Waals surface area contributed by atoms with Gasteiger partial charge in [0.1, 0.15) is 18.1 Å². The summed E-state index contributed by atoms with van der Waals surface area (Å²) in [5.41, 5.74) is 1.95. The summed E-state index contributed by atoms with van der Waals surface area (Å²) in [4.78, 5) is 32.3. The van der Waals surface area contributed by atoms with Crippen molar-refractivity contribution < 1.29 is 33.0 Å². The van der Waals surface area contributed by atoms with Crippen molar-refractivity contribution in [2.45, 2.75) is 64.6 Å². The maximum absolute atomic E-state index is 13.1. The zero-order valence-electron chi connectivity index (χ0n) is 26.1. The molecule has 2 atom stereocenters. The molecule has 3 saturated heterocycles. The number of oxazole rings is 1. The van der Waals surface area contributed by atoms with Crippen LogP contribution < -0.4 is 15.4 Å². The quantitative estimate of drug-likeness (QED) is 0.167. The van der Waals surface area contributed by atoms with Crippen LogP contribution in [-0.2, 0) is 20.8 Å². The molecule has 3 aliphatic heterocycles. The van der Waals surface area contributed by atoms with Gasteiger partial charge in [-0.2, -0.15) is 0 Å². The van der Waals surface area contributed by atoms with Gasteiger partial charge in [0.25, 0.3) is 5.91 Å². The molecule has 3 aromatic rings. The van der Waals surface area contributed by atoms with Crippen molar-refractivity contribution in [3.8, 4) is 5.75 Å². The number of hydrogen-bond donors (Lipinski definition) is 2. The number of amides is 2. The molecule has 0 spiro atoms. The zero-order chi connectivity index (χ0) is 31.4. The van der Waals surface area contributed by atoms with Crippen LogP contribution in [0.5, 0.6) is 5.75 Å². The first-order chi connectivity index (χ1) is 22.0. The number of aromatic nitrogens is 1. The lowest BCUT2D eigenvalue weighted by molar-refractivity contribution is -0.139. The number of fused-ring (bicyclic) bond motifs is 3. The van der Waals surface area contributed by atoms with Crippen molar-refractivity contribution >= 4 is 12.0 Å². The number of benzene rings is 2. The maximum atomic E-state index is 13.1. The van der Waals surface area contributed by atoms with Crippen LogP contribution in [0, 0.1) is 5.92 Å². The molecule has 45 heavy (non-hydrogen) atoms. The second-order valence-corrected chi connectivity index (χ2v) is 11.3. The van der Waals surface area contributed by atoms with E-state index in [-0.39, 0.29) is 36.5 Å². The Balaban J connectivity index is 1.15. The highest BCUT2D eigenvalue weighted by atomic mass is 16.7. The lowest BCUT2D eigenvalue weighted by Gasteiger charge is -2.43. The Morgan fingerprint density at radius 2 is 1.78 bits per heavy atom. The van der Waals surface area contributed by atoms with Gasteiger partial charge in [0.05, 0.1) is 6.04 Å². The fraction of sp³-hybridized carbons (Fsp3) is 0.500. The van der Waals surface area contributed by atoms with Gasteiger partial charge >= 0.3 is 6.09 Å². The smallest absolute Gasteiger partial charge is 0.408 e. The fourth-order valence-electron chi connectivity index (χ4n) is 5.90. The van der Waals surface area contributed by atoms with Gasteiger partial charge in [-0.15, -0.1) is 0 Å². The van der Waals surface area contributed by atoms with E-state index >= 15 is 0 Å². The van der Waals surface area contributed by atoms with Gasteiger partial charge in [0, 0.05) is 32.7 Å². The number of hydrogen-bond acceptors (Lipinski definition) is 9. The number of nitrogens with one attached hydrogen (secondary N) is 2. The van der Waals surface area contributed by atoms with Crippen molar-refractivity contribution in [2.75, 3.05) is 39.4 Å². The molecule has 3 aliphatic rings. The van der Waals surface area contributed by atoms with E-state index in [1.54, 1.807) is 0 Å². The molecule has 2 aromatic carbocycles. The van der Waals surface area contributed by atoms with Crippen LogP contribution in [0.15, 0.2) is 65.3 Å². The van der Waals surface area contributed by atoms with Gasteiger partial charge in [-0.3, -0.25) is 9.69 Å². The minimum absolute atomic E-state index is 0.0339. The molecule has 1 aromatic heterocycles.